The molecule has 1 unspecified atom stereocenters. The highest BCUT2D eigenvalue weighted by Gasteiger charge is 2.32. The molecule has 0 fully saturated rings. The fourth-order valence-corrected chi connectivity index (χ4v) is 2.43. The van der Waals surface area contributed by atoms with E-state index >= 15 is 0 Å². The summed E-state index contributed by atoms with van der Waals surface area (Å²) in [4.78, 5) is 0. The van der Waals surface area contributed by atoms with E-state index in [1.54, 1.807) is 42.5 Å². The molecule has 0 aliphatic heterocycles. The van der Waals surface area contributed by atoms with Crippen molar-refractivity contribution >= 4 is 21.6 Å². The van der Waals surface area contributed by atoms with Crippen LogP contribution in [0.2, 0.25) is 0 Å². The second kappa shape index (κ2) is 6.52. The van der Waals surface area contributed by atoms with Crippen LogP contribution in [0.3, 0.4) is 0 Å². The zero-order valence-electron chi connectivity index (χ0n) is 11.4. The first kappa shape index (κ1) is 15.9. The zero-order chi connectivity index (χ0) is 15.5. The van der Waals surface area contributed by atoms with Crippen LogP contribution in [0.1, 0.15) is 23.6 Å². The lowest BCUT2D eigenvalue weighted by Crippen LogP contribution is -2.20. The van der Waals surface area contributed by atoms with Crippen molar-refractivity contribution in [2.45, 2.75) is 25.6 Å². The quantitative estimate of drug-likeness (QED) is 0.722. The van der Waals surface area contributed by atoms with Crippen molar-refractivity contribution in [2.75, 3.05) is 5.32 Å². The number of benzene rings is 2. The van der Waals surface area contributed by atoms with Gasteiger partial charge in [-0.15, -0.1) is 0 Å². The second-order valence-corrected chi connectivity index (χ2v) is 5.75. The molecule has 1 N–H and O–H groups in total. The summed E-state index contributed by atoms with van der Waals surface area (Å²) in [5.41, 5.74) is 2.31. The van der Waals surface area contributed by atoms with Crippen LogP contribution < -0.4 is 5.32 Å². The SMILES string of the molecule is Cc1ccc(NC(CC(F)(F)F)c2ccccc2)cc1Br. The van der Waals surface area contributed by atoms with E-state index in [1.807, 2.05) is 13.0 Å². The van der Waals surface area contributed by atoms with Gasteiger partial charge in [0.15, 0.2) is 0 Å². The van der Waals surface area contributed by atoms with E-state index in [-0.39, 0.29) is 0 Å². The Morgan fingerprint density at radius 3 is 2.33 bits per heavy atom. The second-order valence-electron chi connectivity index (χ2n) is 4.89. The Morgan fingerprint density at radius 1 is 1.10 bits per heavy atom. The Labute approximate surface area is 130 Å². The van der Waals surface area contributed by atoms with Gasteiger partial charge in [0.25, 0.3) is 0 Å². The van der Waals surface area contributed by atoms with Crippen molar-refractivity contribution < 1.29 is 13.2 Å². The lowest BCUT2D eigenvalue weighted by molar-refractivity contribution is -0.137. The lowest BCUT2D eigenvalue weighted by Gasteiger charge is -2.22. The molecule has 0 aromatic heterocycles. The maximum Gasteiger partial charge on any atom is 0.391 e. The Kier molecular flexibility index (Phi) is 4.93. The zero-order valence-corrected chi connectivity index (χ0v) is 13.0. The third-order valence-electron chi connectivity index (χ3n) is 3.15. The van der Waals surface area contributed by atoms with E-state index in [2.05, 4.69) is 21.2 Å². The molecule has 0 saturated carbocycles. The number of nitrogens with one attached hydrogen (secondary N) is 1. The molecule has 0 saturated heterocycles. The summed E-state index contributed by atoms with van der Waals surface area (Å²) in [7, 11) is 0. The Hall–Kier alpha value is -1.49. The molecule has 0 amide bonds. The van der Waals surface area contributed by atoms with Crippen molar-refractivity contribution in [3.8, 4) is 0 Å². The summed E-state index contributed by atoms with van der Waals surface area (Å²) in [5.74, 6) is 0. The van der Waals surface area contributed by atoms with Crippen LogP contribution in [-0.4, -0.2) is 6.18 Å². The molecule has 2 aromatic carbocycles. The van der Waals surface area contributed by atoms with Gasteiger partial charge in [0.1, 0.15) is 0 Å². The highest BCUT2D eigenvalue weighted by Crippen LogP contribution is 2.33. The van der Waals surface area contributed by atoms with E-state index in [0.29, 0.717) is 11.3 Å². The molecule has 0 heterocycles. The number of hydrogen-bond donors (Lipinski definition) is 1. The summed E-state index contributed by atoms with van der Waals surface area (Å²) in [6.45, 7) is 1.93. The number of anilines is 1. The highest BCUT2D eigenvalue weighted by molar-refractivity contribution is 9.10. The number of aryl methyl sites for hydroxylation is 1. The van der Waals surface area contributed by atoms with Crippen LogP contribution in [0, 0.1) is 6.92 Å². The summed E-state index contributed by atoms with van der Waals surface area (Å²) >= 11 is 3.39. The van der Waals surface area contributed by atoms with E-state index in [1.165, 1.54) is 0 Å². The number of alkyl halides is 3. The van der Waals surface area contributed by atoms with Gasteiger partial charge >= 0.3 is 6.18 Å². The van der Waals surface area contributed by atoms with Crippen molar-refractivity contribution in [1.82, 2.24) is 0 Å². The molecule has 0 aliphatic rings. The van der Waals surface area contributed by atoms with Gasteiger partial charge in [-0.05, 0) is 30.2 Å². The first-order valence-corrected chi connectivity index (χ1v) is 7.29. The molecule has 1 atom stereocenters. The van der Waals surface area contributed by atoms with Crippen LogP contribution in [-0.2, 0) is 0 Å². The minimum atomic E-state index is -4.23. The standard InChI is InChI=1S/C16H15BrF3N/c1-11-7-8-13(9-14(11)17)21-15(10-16(18,19)20)12-5-3-2-4-6-12/h2-9,15,21H,10H2,1H3. The minimum Gasteiger partial charge on any atom is -0.378 e. The maximum absolute atomic E-state index is 12.8. The van der Waals surface area contributed by atoms with Crippen LogP contribution in [0.4, 0.5) is 18.9 Å². The van der Waals surface area contributed by atoms with Gasteiger partial charge in [0, 0.05) is 10.2 Å². The van der Waals surface area contributed by atoms with Crippen molar-refractivity contribution in [2.24, 2.45) is 0 Å². The fourth-order valence-electron chi connectivity index (χ4n) is 2.05. The smallest absolute Gasteiger partial charge is 0.378 e. The third kappa shape index (κ3) is 4.77. The predicted molar refractivity (Wildman–Crippen MR) is 82.4 cm³/mol. The van der Waals surface area contributed by atoms with Gasteiger partial charge in [-0.1, -0.05) is 52.3 Å². The normalized spacial score (nSPS) is 13.0. The van der Waals surface area contributed by atoms with Crippen LogP contribution in [0.25, 0.3) is 0 Å². The molecule has 21 heavy (non-hydrogen) atoms. The third-order valence-corrected chi connectivity index (χ3v) is 4.00. The van der Waals surface area contributed by atoms with Gasteiger partial charge in [0.2, 0.25) is 0 Å². The molecule has 5 heteroatoms. The molecule has 1 nitrogen and oxygen atoms in total. The summed E-state index contributed by atoms with van der Waals surface area (Å²) < 4.78 is 39.2. The van der Waals surface area contributed by atoms with Crippen LogP contribution in [0.15, 0.2) is 53.0 Å². The van der Waals surface area contributed by atoms with Crippen molar-refractivity contribution in [3.63, 3.8) is 0 Å². The van der Waals surface area contributed by atoms with Crippen molar-refractivity contribution in [1.29, 1.82) is 0 Å². The van der Waals surface area contributed by atoms with Crippen LogP contribution >= 0.6 is 15.9 Å². The largest absolute Gasteiger partial charge is 0.391 e. The van der Waals surface area contributed by atoms with E-state index in [0.717, 1.165) is 10.0 Å². The highest BCUT2D eigenvalue weighted by atomic mass is 79.9. The first-order valence-electron chi connectivity index (χ1n) is 6.49. The minimum absolute atomic E-state index is 0.617. The van der Waals surface area contributed by atoms with Crippen LogP contribution in [0.5, 0.6) is 0 Å². The summed E-state index contributed by atoms with van der Waals surface area (Å²) in [6, 6.07) is 13.3. The fraction of sp³-hybridized carbons (Fsp3) is 0.250. The molecule has 2 aromatic rings. The Balaban J connectivity index is 2.25. The monoisotopic (exact) mass is 357 g/mol. The predicted octanol–water partition coefficient (Wildman–Crippen LogP) is 5.86. The van der Waals surface area contributed by atoms with Gasteiger partial charge in [0.05, 0.1) is 12.5 Å². The van der Waals surface area contributed by atoms with E-state index < -0.39 is 18.6 Å². The van der Waals surface area contributed by atoms with E-state index in [4.69, 9.17) is 0 Å². The Bertz CT molecular complexity index is 596. The molecular weight excluding hydrogens is 343 g/mol. The molecule has 2 rings (SSSR count). The Morgan fingerprint density at radius 2 is 1.76 bits per heavy atom. The molecule has 0 radical (unpaired) electrons. The average molecular weight is 358 g/mol. The number of rotatable bonds is 4. The van der Waals surface area contributed by atoms with E-state index in [9.17, 15) is 13.2 Å². The summed E-state index contributed by atoms with van der Waals surface area (Å²) in [6.07, 6.45) is -5.14. The van der Waals surface area contributed by atoms with Gasteiger partial charge in [-0.3, -0.25) is 0 Å². The first-order chi connectivity index (χ1) is 9.85. The van der Waals surface area contributed by atoms with Gasteiger partial charge < -0.3 is 5.32 Å². The topological polar surface area (TPSA) is 12.0 Å². The van der Waals surface area contributed by atoms with Crippen molar-refractivity contribution in [3.05, 3.63) is 64.1 Å². The number of hydrogen-bond acceptors (Lipinski definition) is 1. The molecule has 112 valence electrons. The van der Waals surface area contributed by atoms with Gasteiger partial charge in [-0.25, -0.2) is 0 Å². The molecular formula is C16H15BrF3N. The van der Waals surface area contributed by atoms with Gasteiger partial charge in [-0.2, -0.15) is 13.2 Å². The molecule has 0 spiro atoms. The molecule has 0 bridgehead atoms. The average Bonchev–Trinajstić information content (AvgIpc) is 2.42. The summed E-state index contributed by atoms with van der Waals surface area (Å²) in [5, 5.41) is 2.97. The number of halogens is 4. The maximum atomic E-state index is 12.8. The molecule has 0 aliphatic carbocycles. The lowest BCUT2D eigenvalue weighted by atomic mass is 10.0.